The number of hydrogen-bond donors (Lipinski definition) is 1. The third-order valence-electron chi connectivity index (χ3n) is 6.59. The van der Waals surface area contributed by atoms with E-state index in [0.717, 1.165) is 17.8 Å². The van der Waals surface area contributed by atoms with Crippen LogP contribution in [0.15, 0.2) is 89.1 Å². The summed E-state index contributed by atoms with van der Waals surface area (Å²) in [5, 5.41) is 8.51. The Morgan fingerprint density at radius 3 is 2.41 bits per heavy atom. The zero-order valence-electron chi connectivity index (χ0n) is 21.9. The van der Waals surface area contributed by atoms with Crippen LogP contribution in [0.2, 0.25) is 0 Å². The maximum atomic E-state index is 13.6. The fourth-order valence-electron chi connectivity index (χ4n) is 4.49. The number of nitrogens with zero attached hydrogens (tertiary/aromatic N) is 6. The lowest BCUT2D eigenvalue weighted by molar-refractivity contribution is -0.128. The van der Waals surface area contributed by atoms with Gasteiger partial charge in [0.15, 0.2) is 5.16 Å². The molecule has 0 radical (unpaired) electrons. The topological polar surface area (TPSA) is 96.3 Å². The van der Waals surface area contributed by atoms with Crippen LogP contribution in [-0.4, -0.2) is 69.0 Å². The highest BCUT2D eigenvalue weighted by Crippen LogP contribution is 2.24. The standard InChI is InChI=1S/C29H31N7O2S/c1-22-12-14-31-29(33-22)39-21-26(37)35-18-16-34(17-19-35)25-20-32-36(24-10-6-3-7-11-24)28(38)27(25)30-15-13-23-8-4-2-5-9-23/h2-12,14,20,30H,13,15-19,21H2,1H3. The zero-order valence-corrected chi connectivity index (χ0v) is 22.7. The molecular weight excluding hydrogens is 510 g/mol. The predicted molar refractivity (Wildman–Crippen MR) is 155 cm³/mol. The molecule has 2 aromatic heterocycles. The summed E-state index contributed by atoms with van der Waals surface area (Å²) in [6.45, 7) is 4.88. The van der Waals surface area contributed by atoms with Gasteiger partial charge in [0, 0.05) is 44.6 Å². The van der Waals surface area contributed by atoms with Gasteiger partial charge < -0.3 is 15.1 Å². The van der Waals surface area contributed by atoms with Crippen LogP contribution in [0, 0.1) is 6.92 Å². The summed E-state index contributed by atoms with van der Waals surface area (Å²) in [7, 11) is 0. The van der Waals surface area contributed by atoms with Crippen LogP contribution in [0.5, 0.6) is 0 Å². The Balaban J connectivity index is 1.28. The summed E-state index contributed by atoms with van der Waals surface area (Å²) in [6.07, 6.45) is 4.25. The molecule has 1 fully saturated rings. The molecule has 1 amide bonds. The van der Waals surface area contributed by atoms with Crippen LogP contribution in [0.3, 0.4) is 0 Å². The van der Waals surface area contributed by atoms with Gasteiger partial charge in [-0.25, -0.2) is 9.97 Å². The number of aromatic nitrogens is 4. The van der Waals surface area contributed by atoms with E-state index in [1.165, 1.54) is 22.0 Å². The second-order valence-electron chi connectivity index (χ2n) is 9.26. The molecule has 0 bridgehead atoms. The molecule has 0 saturated carbocycles. The molecule has 0 aliphatic carbocycles. The van der Waals surface area contributed by atoms with E-state index in [9.17, 15) is 9.59 Å². The first-order chi connectivity index (χ1) is 19.1. The van der Waals surface area contributed by atoms with E-state index >= 15 is 0 Å². The van der Waals surface area contributed by atoms with Crippen LogP contribution >= 0.6 is 11.8 Å². The Morgan fingerprint density at radius 1 is 0.974 bits per heavy atom. The molecule has 1 aliphatic rings. The Hall–Kier alpha value is -4.18. The molecule has 2 aromatic carbocycles. The molecule has 1 aliphatic heterocycles. The van der Waals surface area contributed by atoms with Gasteiger partial charge in [-0.2, -0.15) is 9.78 Å². The fraction of sp³-hybridized carbons (Fsp3) is 0.276. The summed E-state index contributed by atoms with van der Waals surface area (Å²) in [5.41, 5.74) is 3.88. The highest BCUT2D eigenvalue weighted by atomic mass is 32.2. The van der Waals surface area contributed by atoms with Gasteiger partial charge in [0.2, 0.25) is 5.91 Å². The number of para-hydroxylation sites is 1. The van der Waals surface area contributed by atoms with Crippen LogP contribution in [-0.2, 0) is 11.2 Å². The minimum absolute atomic E-state index is 0.0589. The molecule has 200 valence electrons. The second-order valence-corrected chi connectivity index (χ2v) is 10.2. The number of aryl methyl sites for hydroxylation is 1. The lowest BCUT2D eigenvalue weighted by Crippen LogP contribution is -2.50. The second kappa shape index (κ2) is 12.6. The maximum Gasteiger partial charge on any atom is 0.296 e. The van der Waals surface area contributed by atoms with E-state index in [-0.39, 0.29) is 11.5 Å². The molecule has 10 heteroatoms. The molecule has 0 atom stereocenters. The SMILES string of the molecule is Cc1ccnc(SCC(=O)N2CCN(c3cnn(-c4ccccc4)c(=O)c3NCCc3ccccc3)CC2)n1. The van der Waals surface area contributed by atoms with Crippen LogP contribution in [0.25, 0.3) is 5.69 Å². The van der Waals surface area contributed by atoms with E-state index in [4.69, 9.17) is 0 Å². The highest BCUT2D eigenvalue weighted by molar-refractivity contribution is 7.99. The van der Waals surface area contributed by atoms with Crippen molar-refractivity contribution < 1.29 is 4.79 Å². The summed E-state index contributed by atoms with van der Waals surface area (Å²) >= 11 is 1.35. The largest absolute Gasteiger partial charge is 0.378 e. The first-order valence-corrected chi connectivity index (χ1v) is 14.0. The number of piperazine rings is 1. The molecular formula is C29H31N7O2S. The Bertz CT molecular complexity index is 1460. The lowest BCUT2D eigenvalue weighted by Gasteiger charge is -2.36. The summed E-state index contributed by atoms with van der Waals surface area (Å²) < 4.78 is 1.43. The molecule has 1 N–H and O–H groups in total. The van der Waals surface area contributed by atoms with Crippen molar-refractivity contribution in [1.29, 1.82) is 0 Å². The summed E-state index contributed by atoms with van der Waals surface area (Å²) in [5.74, 6) is 0.355. The zero-order chi connectivity index (χ0) is 27.0. The van der Waals surface area contributed by atoms with Gasteiger partial charge in [0.05, 0.1) is 23.3 Å². The van der Waals surface area contributed by atoms with Crippen molar-refractivity contribution in [1.82, 2.24) is 24.6 Å². The first-order valence-electron chi connectivity index (χ1n) is 13.0. The summed E-state index contributed by atoms with van der Waals surface area (Å²) in [6, 6.07) is 21.4. The number of carbonyl (C=O) groups is 1. The van der Waals surface area contributed by atoms with Crippen molar-refractivity contribution in [2.75, 3.05) is 48.7 Å². The highest BCUT2D eigenvalue weighted by Gasteiger charge is 2.25. The number of thioether (sulfide) groups is 1. The molecule has 0 unspecified atom stereocenters. The third kappa shape index (κ3) is 6.64. The average Bonchev–Trinajstić information content (AvgIpc) is 2.98. The number of anilines is 2. The van der Waals surface area contributed by atoms with E-state index in [0.29, 0.717) is 55.0 Å². The molecule has 9 nitrogen and oxygen atoms in total. The van der Waals surface area contributed by atoms with Crippen molar-refractivity contribution in [2.45, 2.75) is 18.5 Å². The van der Waals surface area contributed by atoms with Crippen molar-refractivity contribution in [2.24, 2.45) is 0 Å². The lowest BCUT2D eigenvalue weighted by atomic mass is 10.1. The Kier molecular flexibility index (Phi) is 8.52. The normalized spacial score (nSPS) is 13.4. The average molecular weight is 542 g/mol. The minimum atomic E-state index is -0.195. The number of hydrogen-bond acceptors (Lipinski definition) is 8. The fourth-order valence-corrected chi connectivity index (χ4v) is 5.27. The van der Waals surface area contributed by atoms with Gasteiger partial charge in [-0.1, -0.05) is 60.3 Å². The molecule has 3 heterocycles. The Morgan fingerprint density at radius 2 is 1.69 bits per heavy atom. The monoisotopic (exact) mass is 541 g/mol. The quantitative estimate of drug-likeness (QED) is 0.254. The third-order valence-corrected chi connectivity index (χ3v) is 7.43. The van der Waals surface area contributed by atoms with E-state index in [1.54, 1.807) is 12.4 Å². The summed E-state index contributed by atoms with van der Waals surface area (Å²) in [4.78, 5) is 39.1. The van der Waals surface area contributed by atoms with Gasteiger partial charge in [-0.05, 0) is 37.1 Å². The van der Waals surface area contributed by atoms with Crippen molar-refractivity contribution in [3.8, 4) is 5.69 Å². The van der Waals surface area contributed by atoms with Gasteiger partial charge in [0.25, 0.3) is 5.56 Å². The molecule has 5 rings (SSSR count). The van der Waals surface area contributed by atoms with Crippen LogP contribution < -0.4 is 15.8 Å². The Labute approximate surface area is 231 Å². The van der Waals surface area contributed by atoms with Crippen LogP contribution in [0.1, 0.15) is 11.3 Å². The van der Waals surface area contributed by atoms with Gasteiger partial charge in [-0.15, -0.1) is 0 Å². The number of amides is 1. The van der Waals surface area contributed by atoms with E-state index in [2.05, 4.69) is 37.4 Å². The number of rotatable bonds is 9. The number of carbonyl (C=O) groups excluding carboxylic acids is 1. The van der Waals surface area contributed by atoms with E-state index in [1.807, 2.05) is 66.4 Å². The predicted octanol–water partition coefficient (Wildman–Crippen LogP) is 3.43. The van der Waals surface area contributed by atoms with E-state index < -0.39 is 0 Å². The van der Waals surface area contributed by atoms with Crippen molar-refractivity contribution in [3.05, 3.63) is 101 Å². The number of benzene rings is 2. The molecule has 4 aromatic rings. The van der Waals surface area contributed by atoms with Crippen LogP contribution in [0.4, 0.5) is 11.4 Å². The van der Waals surface area contributed by atoms with Gasteiger partial charge in [-0.3, -0.25) is 9.59 Å². The molecule has 1 saturated heterocycles. The van der Waals surface area contributed by atoms with Gasteiger partial charge in [0.1, 0.15) is 5.69 Å². The van der Waals surface area contributed by atoms with Crippen molar-refractivity contribution in [3.63, 3.8) is 0 Å². The maximum absolute atomic E-state index is 13.6. The van der Waals surface area contributed by atoms with Crippen molar-refractivity contribution >= 4 is 29.0 Å². The minimum Gasteiger partial charge on any atom is -0.378 e. The van der Waals surface area contributed by atoms with Gasteiger partial charge >= 0.3 is 0 Å². The molecule has 0 spiro atoms. The molecule has 39 heavy (non-hydrogen) atoms. The smallest absolute Gasteiger partial charge is 0.296 e. The number of nitrogens with one attached hydrogen (secondary N) is 1. The first kappa shape index (κ1) is 26.4.